The Balaban J connectivity index is 1.82. The maximum absolute atomic E-state index is 13.0. The van der Waals surface area contributed by atoms with E-state index in [9.17, 15) is 18.7 Å². The largest absolute Gasteiger partial charge is 0.384 e. The number of halogens is 2. The van der Waals surface area contributed by atoms with E-state index in [0.29, 0.717) is 4.90 Å². The van der Waals surface area contributed by atoms with Gasteiger partial charge in [0.1, 0.15) is 5.60 Å². The predicted octanol–water partition coefficient (Wildman–Crippen LogP) is 3.14. The molecule has 22 heavy (non-hydrogen) atoms. The Hall–Kier alpha value is -1.44. The van der Waals surface area contributed by atoms with Crippen LogP contribution in [-0.4, -0.2) is 23.3 Å². The highest BCUT2D eigenvalue weighted by Gasteiger charge is 2.24. The number of nitrogens with one attached hydrogen (secondary N) is 1. The number of amides is 1. The van der Waals surface area contributed by atoms with Crippen molar-refractivity contribution < 1.29 is 18.7 Å². The van der Waals surface area contributed by atoms with Crippen molar-refractivity contribution in [2.75, 3.05) is 12.3 Å². The van der Waals surface area contributed by atoms with Gasteiger partial charge in [0.2, 0.25) is 5.91 Å². The Bertz CT molecular complexity index is 645. The number of rotatable bonds is 6. The highest BCUT2D eigenvalue weighted by Crippen LogP contribution is 2.23. The highest BCUT2D eigenvalue weighted by atomic mass is 32.2. The first-order valence-corrected chi connectivity index (χ1v) is 8.41. The smallest absolute Gasteiger partial charge is 0.230 e. The van der Waals surface area contributed by atoms with Gasteiger partial charge in [-0.25, -0.2) is 8.78 Å². The van der Waals surface area contributed by atoms with Gasteiger partial charge in [0.25, 0.3) is 0 Å². The molecule has 118 valence electrons. The number of hydrogen-bond acceptors (Lipinski definition) is 4. The molecule has 2 aromatic rings. The Labute approximate surface area is 135 Å². The number of aliphatic hydroxyl groups is 1. The van der Waals surface area contributed by atoms with Crippen LogP contribution in [0.3, 0.4) is 0 Å². The molecule has 1 unspecified atom stereocenters. The van der Waals surface area contributed by atoms with Crippen molar-refractivity contribution in [1.82, 2.24) is 5.32 Å². The molecule has 0 saturated heterocycles. The first-order valence-electron chi connectivity index (χ1n) is 6.48. The minimum absolute atomic E-state index is 0.0603. The van der Waals surface area contributed by atoms with E-state index in [4.69, 9.17) is 0 Å². The van der Waals surface area contributed by atoms with Gasteiger partial charge in [0.15, 0.2) is 11.6 Å². The molecule has 0 aliphatic heterocycles. The van der Waals surface area contributed by atoms with Crippen LogP contribution in [0.25, 0.3) is 0 Å². The van der Waals surface area contributed by atoms with Crippen molar-refractivity contribution in [3.05, 3.63) is 52.2 Å². The summed E-state index contributed by atoms with van der Waals surface area (Å²) >= 11 is 2.57. The molecule has 2 N–H and O–H groups in total. The predicted molar refractivity (Wildman–Crippen MR) is 84.0 cm³/mol. The third-order valence-corrected chi connectivity index (χ3v) is 4.71. The molecule has 0 aliphatic rings. The zero-order valence-electron chi connectivity index (χ0n) is 11.8. The average Bonchev–Trinajstić information content (AvgIpc) is 3.01. The third kappa shape index (κ3) is 4.53. The van der Waals surface area contributed by atoms with Crippen LogP contribution in [0.1, 0.15) is 12.5 Å². The maximum Gasteiger partial charge on any atom is 0.230 e. The lowest BCUT2D eigenvalue weighted by Crippen LogP contribution is -2.39. The summed E-state index contributed by atoms with van der Waals surface area (Å²) in [7, 11) is 0. The van der Waals surface area contributed by atoms with E-state index < -0.39 is 17.2 Å². The summed E-state index contributed by atoms with van der Waals surface area (Å²) in [6.45, 7) is 1.71. The van der Waals surface area contributed by atoms with Gasteiger partial charge in [-0.2, -0.15) is 11.3 Å². The van der Waals surface area contributed by atoms with Gasteiger partial charge in [0, 0.05) is 4.90 Å². The second kappa shape index (κ2) is 7.21. The summed E-state index contributed by atoms with van der Waals surface area (Å²) in [5.74, 6) is -2.08. The molecule has 3 nitrogen and oxygen atoms in total. The molecule has 0 spiro atoms. The Morgan fingerprint density at radius 2 is 2.14 bits per heavy atom. The van der Waals surface area contributed by atoms with Gasteiger partial charge in [-0.1, -0.05) is 0 Å². The quantitative estimate of drug-likeness (QED) is 0.792. The van der Waals surface area contributed by atoms with Crippen LogP contribution in [0, 0.1) is 11.6 Å². The molecule has 7 heteroatoms. The second-order valence-electron chi connectivity index (χ2n) is 4.93. The zero-order chi connectivity index (χ0) is 16.2. The molecule has 0 fully saturated rings. The van der Waals surface area contributed by atoms with Gasteiger partial charge in [-0.05, 0) is 47.5 Å². The van der Waals surface area contributed by atoms with E-state index in [-0.39, 0.29) is 18.2 Å². The van der Waals surface area contributed by atoms with Crippen molar-refractivity contribution in [2.45, 2.75) is 17.4 Å². The summed E-state index contributed by atoms with van der Waals surface area (Å²) in [5, 5.41) is 16.6. The summed E-state index contributed by atoms with van der Waals surface area (Å²) in [6, 6.07) is 5.29. The fraction of sp³-hybridized carbons (Fsp3) is 0.267. The maximum atomic E-state index is 13.0. The van der Waals surface area contributed by atoms with E-state index in [2.05, 4.69) is 5.32 Å². The fourth-order valence-corrected chi connectivity index (χ4v) is 3.24. The number of thioether (sulfide) groups is 1. The van der Waals surface area contributed by atoms with E-state index in [0.717, 1.165) is 29.5 Å². The van der Waals surface area contributed by atoms with Crippen molar-refractivity contribution in [2.24, 2.45) is 0 Å². The van der Waals surface area contributed by atoms with E-state index in [1.54, 1.807) is 13.0 Å². The second-order valence-corrected chi connectivity index (χ2v) is 6.76. The molecule has 1 heterocycles. The normalized spacial score (nSPS) is 13.6. The molecule has 0 bridgehead atoms. The average molecular weight is 343 g/mol. The summed E-state index contributed by atoms with van der Waals surface area (Å²) in [4.78, 5) is 12.2. The molecule has 1 atom stereocenters. The Kier molecular flexibility index (Phi) is 5.55. The SMILES string of the molecule is CC(O)(CNC(=O)CSc1ccc(F)c(F)c1)c1ccsc1. The van der Waals surface area contributed by atoms with Gasteiger partial charge in [-0.3, -0.25) is 4.79 Å². The lowest BCUT2D eigenvalue weighted by molar-refractivity contribution is -0.119. The summed E-state index contributed by atoms with van der Waals surface area (Å²) in [6.07, 6.45) is 0. The van der Waals surface area contributed by atoms with Gasteiger partial charge in [-0.15, -0.1) is 11.8 Å². The minimum Gasteiger partial charge on any atom is -0.384 e. The van der Waals surface area contributed by atoms with E-state index >= 15 is 0 Å². The zero-order valence-corrected chi connectivity index (χ0v) is 13.4. The number of thiophene rings is 1. The monoisotopic (exact) mass is 343 g/mol. The van der Waals surface area contributed by atoms with Crippen LogP contribution in [0.15, 0.2) is 39.9 Å². The Morgan fingerprint density at radius 1 is 1.36 bits per heavy atom. The van der Waals surface area contributed by atoms with Crippen molar-refractivity contribution in [3.8, 4) is 0 Å². The first-order chi connectivity index (χ1) is 10.4. The third-order valence-electron chi connectivity index (χ3n) is 3.03. The molecule has 0 saturated carbocycles. The molecule has 0 aliphatic carbocycles. The molecular weight excluding hydrogens is 328 g/mol. The number of carbonyl (C=O) groups is 1. The van der Waals surface area contributed by atoms with Crippen LogP contribution >= 0.6 is 23.1 Å². The molecule has 1 aromatic heterocycles. The lowest BCUT2D eigenvalue weighted by atomic mass is 9.99. The molecule has 1 aromatic carbocycles. The van der Waals surface area contributed by atoms with Crippen LogP contribution < -0.4 is 5.32 Å². The van der Waals surface area contributed by atoms with Gasteiger partial charge < -0.3 is 10.4 Å². The van der Waals surface area contributed by atoms with Crippen LogP contribution in [0.4, 0.5) is 8.78 Å². The number of hydrogen-bond donors (Lipinski definition) is 2. The highest BCUT2D eigenvalue weighted by molar-refractivity contribution is 8.00. The molecular formula is C15H15F2NO2S2. The van der Waals surface area contributed by atoms with E-state index in [1.165, 1.54) is 17.4 Å². The van der Waals surface area contributed by atoms with Crippen molar-refractivity contribution >= 4 is 29.0 Å². The van der Waals surface area contributed by atoms with Gasteiger partial charge >= 0.3 is 0 Å². The minimum atomic E-state index is -1.14. The molecule has 2 rings (SSSR count). The number of benzene rings is 1. The van der Waals surface area contributed by atoms with Crippen LogP contribution in [0.2, 0.25) is 0 Å². The first kappa shape index (κ1) is 16.9. The van der Waals surface area contributed by atoms with Crippen LogP contribution in [0.5, 0.6) is 0 Å². The van der Waals surface area contributed by atoms with Crippen molar-refractivity contribution in [3.63, 3.8) is 0 Å². The molecule has 1 amide bonds. The fourth-order valence-electron chi connectivity index (χ4n) is 1.71. The van der Waals surface area contributed by atoms with E-state index in [1.807, 2.05) is 10.8 Å². The van der Waals surface area contributed by atoms with Crippen molar-refractivity contribution in [1.29, 1.82) is 0 Å². The summed E-state index contributed by atoms with van der Waals surface area (Å²) in [5.41, 5.74) is -0.395. The topological polar surface area (TPSA) is 49.3 Å². The standard InChI is InChI=1S/C15H15F2NO2S2/c1-15(20,10-4-5-21-7-10)9-18-14(19)8-22-11-2-3-12(16)13(17)6-11/h2-7,20H,8-9H2,1H3,(H,18,19). The summed E-state index contributed by atoms with van der Waals surface area (Å²) < 4.78 is 25.8. The van der Waals surface area contributed by atoms with Gasteiger partial charge in [0.05, 0.1) is 12.3 Å². The Morgan fingerprint density at radius 3 is 2.77 bits per heavy atom. The lowest BCUT2D eigenvalue weighted by Gasteiger charge is -2.22. The molecule has 0 radical (unpaired) electrons. The van der Waals surface area contributed by atoms with Crippen LogP contribution in [-0.2, 0) is 10.4 Å². The number of carbonyl (C=O) groups excluding carboxylic acids is 1.